The van der Waals surface area contributed by atoms with Crippen LogP contribution in [0.3, 0.4) is 0 Å². The van der Waals surface area contributed by atoms with Crippen molar-refractivity contribution in [3.8, 4) is 0 Å². The van der Waals surface area contributed by atoms with Gasteiger partial charge in [0.2, 0.25) is 0 Å². The number of halogens is 5. The van der Waals surface area contributed by atoms with Gasteiger partial charge in [0.05, 0.1) is 11.7 Å². The van der Waals surface area contributed by atoms with Gasteiger partial charge in [-0.3, -0.25) is 0 Å². The molecule has 138 valence electrons. The molecule has 2 atom stereocenters. The first-order valence-electron chi connectivity index (χ1n) is 7.58. The molecule has 2 saturated heterocycles. The van der Waals surface area contributed by atoms with Crippen molar-refractivity contribution < 1.29 is 18.3 Å². The number of aromatic nitrogens is 1. The molecule has 1 spiro atoms. The van der Waals surface area contributed by atoms with Crippen molar-refractivity contribution in [3.63, 3.8) is 0 Å². The minimum atomic E-state index is -4.42. The van der Waals surface area contributed by atoms with Crippen LogP contribution < -0.4 is 10.2 Å². The molecule has 0 unspecified atom stereocenters. The lowest BCUT2D eigenvalue weighted by Crippen LogP contribution is -2.58. The lowest BCUT2D eigenvalue weighted by Gasteiger charge is -2.48. The molecule has 3 rings (SSSR count). The van der Waals surface area contributed by atoms with Gasteiger partial charge in [-0.25, -0.2) is 4.98 Å². The van der Waals surface area contributed by atoms with E-state index in [2.05, 4.69) is 10.3 Å². The highest BCUT2D eigenvalue weighted by molar-refractivity contribution is 5.85. The fourth-order valence-electron chi connectivity index (χ4n) is 3.63. The van der Waals surface area contributed by atoms with Crippen molar-refractivity contribution in [1.82, 2.24) is 10.3 Å². The Morgan fingerprint density at radius 1 is 1.33 bits per heavy atom. The maximum absolute atomic E-state index is 13.2. The fraction of sp³-hybridized carbons (Fsp3) is 0.667. The number of hydrogen-bond acceptors (Lipinski definition) is 4. The second-order valence-corrected chi connectivity index (χ2v) is 6.24. The van der Waals surface area contributed by atoms with Gasteiger partial charge >= 0.3 is 6.18 Å². The standard InChI is InChI=1S/C15H20F3N3O.2ClH/c16-15(17,18)11-3-1-6-20-13(11)21-8-2-5-14(10-21)9-19-7-4-12(14)22;;/h1,3,6,12,19,22H,2,4-5,7-10H2;2*1H/t12-,14-;;/m0../s1. The van der Waals surface area contributed by atoms with E-state index in [4.69, 9.17) is 0 Å². The van der Waals surface area contributed by atoms with Crippen LogP contribution in [-0.4, -0.2) is 42.4 Å². The van der Waals surface area contributed by atoms with Crippen LogP contribution >= 0.6 is 24.8 Å². The van der Waals surface area contributed by atoms with E-state index in [-0.39, 0.29) is 36.0 Å². The number of aliphatic hydroxyl groups is 1. The smallest absolute Gasteiger partial charge is 0.392 e. The Kier molecular flexibility index (Phi) is 7.16. The van der Waals surface area contributed by atoms with Crippen LogP contribution in [0.5, 0.6) is 0 Å². The van der Waals surface area contributed by atoms with Crippen LogP contribution in [0, 0.1) is 5.41 Å². The summed E-state index contributed by atoms with van der Waals surface area (Å²) in [5.41, 5.74) is -1.08. The normalized spacial score (nSPS) is 27.3. The van der Waals surface area contributed by atoms with Gasteiger partial charge in [0.25, 0.3) is 0 Å². The van der Waals surface area contributed by atoms with E-state index in [0.717, 1.165) is 25.5 Å². The molecule has 1 aromatic rings. The molecule has 2 N–H and O–H groups in total. The Morgan fingerprint density at radius 3 is 2.75 bits per heavy atom. The van der Waals surface area contributed by atoms with Crippen LogP contribution in [0.2, 0.25) is 0 Å². The topological polar surface area (TPSA) is 48.4 Å². The molecule has 0 aromatic carbocycles. The van der Waals surface area contributed by atoms with Crippen molar-refractivity contribution >= 4 is 30.6 Å². The summed E-state index contributed by atoms with van der Waals surface area (Å²) in [6.45, 7) is 2.33. The molecule has 0 radical (unpaired) electrons. The Hall–Kier alpha value is -0.760. The maximum Gasteiger partial charge on any atom is 0.419 e. The van der Waals surface area contributed by atoms with Crippen molar-refractivity contribution in [2.45, 2.75) is 31.5 Å². The summed E-state index contributed by atoms with van der Waals surface area (Å²) < 4.78 is 39.6. The first kappa shape index (κ1) is 21.3. The van der Waals surface area contributed by atoms with E-state index in [1.807, 2.05) is 0 Å². The molecule has 0 bridgehead atoms. The van der Waals surface area contributed by atoms with Crippen LogP contribution in [0.4, 0.5) is 19.0 Å². The van der Waals surface area contributed by atoms with E-state index in [1.54, 1.807) is 4.90 Å². The monoisotopic (exact) mass is 387 g/mol. The average Bonchev–Trinajstić information content (AvgIpc) is 2.50. The number of nitrogens with one attached hydrogen (secondary N) is 1. The number of alkyl halides is 3. The summed E-state index contributed by atoms with van der Waals surface area (Å²) in [5, 5.41) is 13.6. The first-order chi connectivity index (χ1) is 10.4. The van der Waals surface area contributed by atoms with Gasteiger partial charge in [-0.2, -0.15) is 13.2 Å². The minimum absolute atomic E-state index is 0. The van der Waals surface area contributed by atoms with E-state index < -0.39 is 17.8 Å². The predicted octanol–water partition coefficient (Wildman–Crippen LogP) is 2.88. The lowest BCUT2D eigenvalue weighted by atomic mass is 9.72. The SMILES string of the molecule is Cl.Cl.O[C@H]1CCNC[C@]12CCCN(c1ncccc1C(F)(F)F)C2. The van der Waals surface area contributed by atoms with Crippen LogP contribution in [0.25, 0.3) is 0 Å². The third-order valence-corrected chi connectivity index (χ3v) is 4.78. The summed E-state index contributed by atoms with van der Waals surface area (Å²) in [6.07, 6.45) is -1.28. The second kappa shape index (κ2) is 8.08. The summed E-state index contributed by atoms with van der Waals surface area (Å²) in [6, 6.07) is 2.38. The van der Waals surface area contributed by atoms with Gasteiger partial charge in [-0.05, 0) is 37.9 Å². The first-order valence-corrected chi connectivity index (χ1v) is 7.58. The third-order valence-electron chi connectivity index (χ3n) is 4.78. The fourth-order valence-corrected chi connectivity index (χ4v) is 3.63. The molecule has 1 aromatic heterocycles. The molecule has 9 heteroatoms. The predicted molar refractivity (Wildman–Crippen MR) is 91.1 cm³/mol. The molecular formula is C15H22Cl2F3N3O. The van der Waals surface area contributed by atoms with E-state index in [0.29, 0.717) is 26.1 Å². The number of hydrogen-bond donors (Lipinski definition) is 2. The molecule has 0 saturated carbocycles. The van der Waals surface area contributed by atoms with Gasteiger partial charge in [0.1, 0.15) is 5.82 Å². The summed E-state index contributed by atoms with van der Waals surface area (Å²) >= 11 is 0. The maximum atomic E-state index is 13.2. The lowest BCUT2D eigenvalue weighted by molar-refractivity contribution is -0.137. The Balaban J connectivity index is 0.00000144. The number of anilines is 1. The number of rotatable bonds is 1. The molecule has 2 fully saturated rings. The Bertz CT molecular complexity index is 543. The van der Waals surface area contributed by atoms with Crippen LogP contribution in [0.1, 0.15) is 24.8 Å². The van der Waals surface area contributed by atoms with E-state index in [1.165, 1.54) is 12.3 Å². The third kappa shape index (κ3) is 4.07. The van der Waals surface area contributed by atoms with Gasteiger partial charge in [-0.15, -0.1) is 24.8 Å². The number of pyridine rings is 1. The number of nitrogens with zero attached hydrogens (tertiary/aromatic N) is 2. The summed E-state index contributed by atoms with van der Waals surface area (Å²) in [4.78, 5) is 5.66. The molecule has 3 heterocycles. The van der Waals surface area contributed by atoms with Crippen molar-refractivity contribution in [3.05, 3.63) is 23.9 Å². The number of piperidine rings is 2. The van der Waals surface area contributed by atoms with E-state index >= 15 is 0 Å². The van der Waals surface area contributed by atoms with Gasteiger partial charge in [0.15, 0.2) is 0 Å². The molecule has 2 aliphatic rings. The Morgan fingerprint density at radius 2 is 2.08 bits per heavy atom. The van der Waals surface area contributed by atoms with Crippen molar-refractivity contribution in [2.75, 3.05) is 31.1 Å². The molecule has 2 aliphatic heterocycles. The zero-order valence-electron chi connectivity index (χ0n) is 13.1. The quantitative estimate of drug-likeness (QED) is 0.777. The van der Waals surface area contributed by atoms with Crippen molar-refractivity contribution in [2.24, 2.45) is 5.41 Å². The summed E-state index contributed by atoms with van der Waals surface area (Å²) in [7, 11) is 0. The zero-order chi connectivity index (χ0) is 15.8. The highest BCUT2D eigenvalue weighted by Crippen LogP contribution is 2.41. The van der Waals surface area contributed by atoms with Gasteiger partial charge < -0.3 is 15.3 Å². The zero-order valence-corrected chi connectivity index (χ0v) is 14.7. The molecular weight excluding hydrogens is 366 g/mol. The highest BCUT2D eigenvalue weighted by atomic mass is 35.5. The van der Waals surface area contributed by atoms with Crippen molar-refractivity contribution in [1.29, 1.82) is 0 Å². The highest BCUT2D eigenvalue weighted by Gasteiger charge is 2.45. The molecule has 0 amide bonds. The average molecular weight is 388 g/mol. The molecule has 24 heavy (non-hydrogen) atoms. The van der Waals surface area contributed by atoms with Crippen LogP contribution in [-0.2, 0) is 6.18 Å². The Labute approximate surface area is 151 Å². The second-order valence-electron chi connectivity index (χ2n) is 6.24. The number of aliphatic hydroxyl groups excluding tert-OH is 1. The molecule has 4 nitrogen and oxygen atoms in total. The van der Waals surface area contributed by atoms with Gasteiger partial charge in [0, 0.05) is 31.2 Å². The van der Waals surface area contributed by atoms with Crippen LogP contribution in [0.15, 0.2) is 18.3 Å². The minimum Gasteiger partial charge on any atom is -0.392 e. The largest absolute Gasteiger partial charge is 0.419 e. The van der Waals surface area contributed by atoms with E-state index in [9.17, 15) is 18.3 Å². The van der Waals surface area contributed by atoms with Gasteiger partial charge in [-0.1, -0.05) is 0 Å². The summed E-state index contributed by atoms with van der Waals surface area (Å²) in [5.74, 6) is -0.0214. The molecule has 0 aliphatic carbocycles.